The van der Waals surface area contributed by atoms with Gasteiger partial charge in [0.15, 0.2) is 10.1 Å². The van der Waals surface area contributed by atoms with E-state index in [1.165, 1.54) is 6.20 Å². The van der Waals surface area contributed by atoms with Crippen molar-refractivity contribution in [3.63, 3.8) is 0 Å². The summed E-state index contributed by atoms with van der Waals surface area (Å²) in [4.78, 5) is 7.76. The van der Waals surface area contributed by atoms with Crippen molar-refractivity contribution in [3.8, 4) is 0 Å². The van der Waals surface area contributed by atoms with Crippen LogP contribution in [0.4, 0.5) is 0 Å². The van der Waals surface area contributed by atoms with Gasteiger partial charge in [0.05, 0.1) is 6.20 Å². The SMILES string of the molecule is CN=c1c(Br)nc(Br)cn1O. The maximum absolute atomic E-state index is 9.20. The number of hydrogen-bond acceptors (Lipinski definition) is 3. The van der Waals surface area contributed by atoms with Crippen LogP contribution in [0.1, 0.15) is 0 Å². The average molecular weight is 283 g/mol. The molecule has 0 unspecified atom stereocenters. The summed E-state index contributed by atoms with van der Waals surface area (Å²) in [6.07, 6.45) is 1.41. The third-order valence-corrected chi connectivity index (χ3v) is 1.96. The van der Waals surface area contributed by atoms with Gasteiger partial charge in [-0.05, 0) is 31.9 Å². The average Bonchev–Trinajstić information content (AvgIpc) is 1.85. The van der Waals surface area contributed by atoms with Crippen molar-refractivity contribution in [3.05, 3.63) is 20.9 Å². The van der Waals surface area contributed by atoms with Crippen LogP contribution in [0.25, 0.3) is 0 Å². The fourth-order valence-corrected chi connectivity index (χ4v) is 1.78. The van der Waals surface area contributed by atoms with Gasteiger partial charge < -0.3 is 5.21 Å². The molecule has 0 aromatic carbocycles. The number of nitrogens with zero attached hydrogens (tertiary/aromatic N) is 3. The predicted octanol–water partition coefficient (Wildman–Crippen LogP) is 1.18. The third-order valence-electron chi connectivity index (χ3n) is 1.05. The fourth-order valence-electron chi connectivity index (χ4n) is 0.624. The highest BCUT2D eigenvalue weighted by atomic mass is 79.9. The number of hydrogen-bond donors (Lipinski definition) is 1. The van der Waals surface area contributed by atoms with Crippen LogP contribution in [0.2, 0.25) is 0 Å². The van der Waals surface area contributed by atoms with Crippen molar-refractivity contribution in [2.24, 2.45) is 4.99 Å². The van der Waals surface area contributed by atoms with Gasteiger partial charge in [-0.2, -0.15) is 4.73 Å². The Morgan fingerprint density at radius 3 is 2.73 bits per heavy atom. The maximum Gasteiger partial charge on any atom is 0.196 e. The first-order chi connectivity index (χ1) is 5.15. The number of aromatic nitrogens is 2. The Labute approximate surface area is 79.8 Å². The molecule has 0 fully saturated rings. The van der Waals surface area contributed by atoms with Gasteiger partial charge in [0.2, 0.25) is 0 Å². The Balaban J connectivity index is 3.50. The Hall–Kier alpha value is -0.360. The van der Waals surface area contributed by atoms with E-state index in [1.807, 2.05) is 0 Å². The van der Waals surface area contributed by atoms with Crippen LogP contribution in [0.3, 0.4) is 0 Å². The van der Waals surface area contributed by atoms with Crippen LogP contribution >= 0.6 is 31.9 Å². The molecule has 0 aliphatic carbocycles. The summed E-state index contributed by atoms with van der Waals surface area (Å²) in [6.45, 7) is 0. The van der Waals surface area contributed by atoms with Crippen LogP contribution < -0.4 is 5.49 Å². The van der Waals surface area contributed by atoms with E-state index in [1.54, 1.807) is 7.05 Å². The van der Waals surface area contributed by atoms with E-state index < -0.39 is 0 Å². The molecular weight excluding hydrogens is 278 g/mol. The van der Waals surface area contributed by atoms with E-state index in [4.69, 9.17) is 0 Å². The Morgan fingerprint density at radius 1 is 1.64 bits per heavy atom. The standard InChI is InChI=1S/C5H5Br2N3O/c1-8-5-4(7)9-3(6)2-10(5)11/h2,11H,1H3. The lowest BCUT2D eigenvalue weighted by atomic mass is 10.7. The van der Waals surface area contributed by atoms with Crippen molar-refractivity contribution in [2.45, 2.75) is 0 Å². The fraction of sp³-hybridized carbons (Fsp3) is 0.200. The molecule has 0 spiro atoms. The third kappa shape index (κ3) is 1.81. The molecule has 4 nitrogen and oxygen atoms in total. The lowest BCUT2D eigenvalue weighted by Crippen LogP contribution is -2.20. The van der Waals surface area contributed by atoms with Crippen molar-refractivity contribution in [1.29, 1.82) is 0 Å². The molecule has 1 rings (SSSR count). The molecule has 1 aromatic rings. The monoisotopic (exact) mass is 281 g/mol. The molecule has 6 heteroatoms. The molecule has 0 bridgehead atoms. The van der Waals surface area contributed by atoms with Gasteiger partial charge in [0.1, 0.15) is 4.60 Å². The molecule has 0 aliphatic rings. The van der Waals surface area contributed by atoms with Gasteiger partial charge in [-0.25, -0.2) is 4.98 Å². The smallest absolute Gasteiger partial charge is 0.196 e. The molecule has 0 saturated heterocycles. The number of halogens is 2. The van der Waals surface area contributed by atoms with Crippen LogP contribution in [-0.4, -0.2) is 22.0 Å². The summed E-state index contributed by atoms with van der Waals surface area (Å²) in [6, 6.07) is 0. The van der Waals surface area contributed by atoms with Gasteiger partial charge in [-0.1, -0.05) is 0 Å². The first-order valence-electron chi connectivity index (χ1n) is 2.72. The lowest BCUT2D eigenvalue weighted by molar-refractivity contribution is 0.169. The van der Waals surface area contributed by atoms with Crippen molar-refractivity contribution in [2.75, 3.05) is 7.05 Å². The highest BCUT2D eigenvalue weighted by Crippen LogP contribution is 2.05. The molecule has 11 heavy (non-hydrogen) atoms. The normalized spacial score (nSPS) is 12.1. The number of rotatable bonds is 0. The summed E-state index contributed by atoms with van der Waals surface area (Å²) < 4.78 is 1.93. The molecule has 0 atom stereocenters. The molecular formula is C5H5Br2N3O. The maximum atomic E-state index is 9.20. The van der Waals surface area contributed by atoms with E-state index >= 15 is 0 Å². The Kier molecular flexibility index (Phi) is 2.67. The van der Waals surface area contributed by atoms with Crippen molar-refractivity contribution < 1.29 is 5.21 Å². The molecule has 1 aromatic heterocycles. The molecule has 0 saturated carbocycles. The largest absolute Gasteiger partial charge is 0.427 e. The summed E-state index contributed by atoms with van der Waals surface area (Å²) in [7, 11) is 1.57. The first kappa shape index (κ1) is 8.73. The van der Waals surface area contributed by atoms with E-state index in [0.29, 0.717) is 14.7 Å². The van der Waals surface area contributed by atoms with E-state index in [0.717, 1.165) is 4.73 Å². The minimum Gasteiger partial charge on any atom is -0.427 e. The van der Waals surface area contributed by atoms with Crippen LogP contribution in [-0.2, 0) is 0 Å². The molecule has 0 radical (unpaired) electrons. The Morgan fingerprint density at radius 2 is 2.27 bits per heavy atom. The topological polar surface area (TPSA) is 50.4 Å². The summed E-state index contributed by atoms with van der Waals surface area (Å²) in [5.74, 6) is 0. The lowest BCUT2D eigenvalue weighted by Gasteiger charge is -1.99. The molecule has 1 N–H and O–H groups in total. The van der Waals surface area contributed by atoms with Crippen LogP contribution in [0, 0.1) is 0 Å². The molecule has 60 valence electrons. The van der Waals surface area contributed by atoms with Crippen molar-refractivity contribution >= 4 is 31.9 Å². The zero-order valence-electron chi connectivity index (χ0n) is 5.62. The van der Waals surface area contributed by atoms with Crippen LogP contribution in [0.15, 0.2) is 20.4 Å². The highest BCUT2D eigenvalue weighted by Gasteiger charge is 1.99. The van der Waals surface area contributed by atoms with E-state index in [2.05, 4.69) is 41.8 Å². The second-order valence-electron chi connectivity index (χ2n) is 1.75. The molecule has 0 aliphatic heterocycles. The molecule has 1 heterocycles. The van der Waals surface area contributed by atoms with Crippen molar-refractivity contribution in [1.82, 2.24) is 9.71 Å². The van der Waals surface area contributed by atoms with Gasteiger partial charge in [-0.15, -0.1) is 0 Å². The minimum atomic E-state index is 0.383. The second-order valence-corrected chi connectivity index (χ2v) is 3.31. The summed E-state index contributed by atoms with van der Waals surface area (Å²) in [5.41, 5.74) is 0.383. The summed E-state index contributed by atoms with van der Waals surface area (Å²) in [5, 5.41) is 9.20. The zero-order valence-corrected chi connectivity index (χ0v) is 8.79. The van der Waals surface area contributed by atoms with Gasteiger partial charge in [-0.3, -0.25) is 4.99 Å². The first-order valence-corrected chi connectivity index (χ1v) is 4.30. The van der Waals surface area contributed by atoms with E-state index in [9.17, 15) is 5.21 Å². The van der Waals surface area contributed by atoms with Gasteiger partial charge in [0, 0.05) is 7.05 Å². The zero-order chi connectivity index (χ0) is 8.43. The van der Waals surface area contributed by atoms with Crippen LogP contribution in [0.5, 0.6) is 0 Å². The minimum absolute atomic E-state index is 0.383. The van der Waals surface area contributed by atoms with E-state index in [-0.39, 0.29) is 0 Å². The highest BCUT2D eigenvalue weighted by molar-refractivity contribution is 9.11. The van der Waals surface area contributed by atoms with Gasteiger partial charge in [0.25, 0.3) is 0 Å². The molecule has 0 amide bonds. The van der Waals surface area contributed by atoms with Gasteiger partial charge >= 0.3 is 0 Å². The predicted molar refractivity (Wildman–Crippen MR) is 46.3 cm³/mol. The quantitative estimate of drug-likeness (QED) is 0.727. The summed E-state index contributed by atoms with van der Waals surface area (Å²) >= 11 is 6.26. The second kappa shape index (κ2) is 3.36. The Bertz CT molecular complexity index is 307.